The van der Waals surface area contributed by atoms with E-state index in [0.29, 0.717) is 16.3 Å². The van der Waals surface area contributed by atoms with Crippen LogP contribution in [-0.2, 0) is 4.79 Å². The van der Waals surface area contributed by atoms with E-state index in [4.69, 9.17) is 27.9 Å². The van der Waals surface area contributed by atoms with E-state index >= 15 is 0 Å². The fraction of sp³-hybridized carbons (Fsp3) is 0.176. The van der Waals surface area contributed by atoms with Gasteiger partial charge in [0.15, 0.2) is 6.61 Å². The van der Waals surface area contributed by atoms with Gasteiger partial charge in [-0.2, -0.15) is 5.10 Å². The molecule has 0 aliphatic heterocycles. The minimum atomic E-state index is -0.439. The minimum Gasteiger partial charge on any atom is -0.506 e. The van der Waals surface area contributed by atoms with Gasteiger partial charge in [0.1, 0.15) is 11.5 Å². The summed E-state index contributed by atoms with van der Waals surface area (Å²) in [7, 11) is 0. The Hall–Kier alpha value is -1.76. The molecule has 0 spiro atoms. The van der Waals surface area contributed by atoms with Crippen LogP contribution in [0.15, 0.2) is 33.8 Å². The fourth-order valence-corrected chi connectivity index (χ4v) is 3.35. The highest BCUT2D eigenvalue weighted by atomic mass is 79.9. The molecule has 25 heavy (non-hydrogen) atoms. The highest BCUT2D eigenvalue weighted by molar-refractivity contribution is 9.10. The van der Waals surface area contributed by atoms with Gasteiger partial charge in [-0.15, -0.1) is 0 Å². The quantitative estimate of drug-likeness (QED) is 0.521. The van der Waals surface area contributed by atoms with E-state index in [1.807, 2.05) is 26.0 Å². The number of rotatable bonds is 5. The maximum absolute atomic E-state index is 11.8. The van der Waals surface area contributed by atoms with Crippen molar-refractivity contribution in [3.05, 3.63) is 55.5 Å². The molecule has 2 aromatic rings. The van der Waals surface area contributed by atoms with Crippen LogP contribution in [-0.4, -0.2) is 23.8 Å². The zero-order valence-electron chi connectivity index (χ0n) is 13.4. The second-order valence-electron chi connectivity index (χ2n) is 5.28. The van der Waals surface area contributed by atoms with Gasteiger partial charge in [0.25, 0.3) is 5.91 Å². The Labute approximate surface area is 163 Å². The standard InChI is InChI=1S/C17H15BrCl2N2O3/c1-9-3-12(18)4-10(2)17(9)25-8-15(23)22-21-7-11-5-13(19)6-14(20)16(11)24/h3-7,24H,8H2,1-2H3,(H,22,23). The number of hydrogen-bond acceptors (Lipinski definition) is 4. The summed E-state index contributed by atoms with van der Waals surface area (Å²) in [4.78, 5) is 11.8. The van der Waals surface area contributed by atoms with Crippen molar-refractivity contribution >= 4 is 51.3 Å². The molecular formula is C17H15BrCl2N2O3. The number of halogens is 3. The van der Waals surface area contributed by atoms with Crippen molar-refractivity contribution in [2.24, 2.45) is 5.10 Å². The molecule has 2 N–H and O–H groups in total. The molecule has 2 aromatic carbocycles. The van der Waals surface area contributed by atoms with Gasteiger partial charge in [0.05, 0.1) is 11.2 Å². The number of aryl methyl sites for hydroxylation is 2. The number of phenols is 1. The molecule has 0 fully saturated rings. The average Bonchev–Trinajstić information content (AvgIpc) is 2.50. The smallest absolute Gasteiger partial charge is 0.277 e. The number of ether oxygens (including phenoxy) is 1. The lowest BCUT2D eigenvalue weighted by atomic mass is 10.1. The molecule has 2 rings (SSSR count). The molecule has 0 aromatic heterocycles. The third-order valence-corrected chi connectivity index (χ3v) is 4.19. The molecule has 1 amide bonds. The molecule has 0 heterocycles. The number of hydrazone groups is 1. The summed E-state index contributed by atoms with van der Waals surface area (Å²) in [5, 5.41) is 14.0. The van der Waals surface area contributed by atoms with Crippen LogP contribution < -0.4 is 10.2 Å². The third kappa shape index (κ3) is 5.36. The molecule has 8 heteroatoms. The monoisotopic (exact) mass is 444 g/mol. The summed E-state index contributed by atoms with van der Waals surface area (Å²) >= 11 is 15.1. The third-order valence-electron chi connectivity index (χ3n) is 3.22. The highest BCUT2D eigenvalue weighted by Gasteiger charge is 2.09. The van der Waals surface area contributed by atoms with E-state index in [-0.39, 0.29) is 17.4 Å². The molecule has 0 saturated carbocycles. The predicted octanol–water partition coefficient (Wildman–Crippen LogP) is 4.61. The molecule has 0 aliphatic carbocycles. The summed E-state index contributed by atoms with van der Waals surface area (Å²) in [6, 6.07) is 6.70. The van der Waals surface area contributed by atoms with Crippen LogP contribution in [0.5, 0.6) is 11.5 Å². The van der Waals surface area contributed by atoms with Crippen LogP contribution in [0.1, 0.15) is 16.7 Å². The molecule has 0 atom stereocenters. The summed E-state index contributed by atoms with van der Waals surface area (Å²) in [6.45, 7) is 3.60. The molecule has 0 aliphatic rings. The Kier molecular flexibility index (Phi) is 6.70. The van der Waals surface area contributed by atoms with E-state index < -0.39 is 5.91 Å². The van der Waals surface area contributed by atoms with Crippen molar-refractivity contribution in [1.29, 1.82) is 0 Å². The van der Waals surface area contributed by atoms with E-state index in [0.717, 1.165) is 15.6 Å². The number of carbonyl (C=O) groups is 1. The first-order valence-corrected chi connectivity index (χ1v) is 8.72. The lowest BCUT2D eigenvalue weighted by molar-refractivity contribution is -0.123. The first-order chi connectivity index (χ1) is 11.8. The van der Waals surface area contributed by atoms with Gasteiger partial charge in [0.2, 0.25) is 0 Å². The molecule has 132 valence electrons. The topological polar surface area (TPSA) is 70.9 Å². The van der Waals surface area contributed by atoms with Gasteiger partial charge in [-0.3, -0.25) is 4.79 Å². The van der Waals surface area contributed by atoms with Gasteiger partial charge < -0.3 is 9.84 Å². The second kappa shape index (κ2) is 8.56. The number of benzene rings is 2. The van der Waals surface area contributed by atoms with E-state index in [1.54, 1.807) is 0 Å². The number of hydrogen-bond donors (Lipinski definition) is 2. The number of amides is 1. The van der Waals surface area contributed by atoms with Gasteiger partial charge in [-0.05, 0) is 49.2 Å². The van der Waals surface area contributed by atoms with E-state index in [1.165, 1.54) is 18.3 Å². The Balaban J connectivity index is 1.96. The number of aromatic hydroxyl groups is 1. The van der Waals surface area contributed by atoms with Crippen molar-refractivity contribution in [3.8, 4) is 11.5 Å². The summed E-state index contributed by atoms with van der Waals surface area (Å²) in [5.74, 6) is 0.0496. The van der Waals surface area contributed by atoms with Crippen LogP contribution in [0.3, 0.4) is 0 Å². The van der Waals surface area contributed by atoms with E-state index in [2.05, 4.69) is 26.5 Å². The normalized spacial score (nSPS) is 10.9. The zero-order chi connectivity index (χ0) is 18.6. The second-order valence-corrected chi connectivity index (χ2v) is 7.04. The summed E-state index contributed by atoms with van der Waals surface area (Å²) in [6.07, 6.45) is 1.25. The van der Waals surface area contributed by atoms with Crippen molar-refractivity contribution in [3.63, 3.8) is 0 Å². The van der Waals surface area contributed by atoms with Crippen LogP contribution in [0, 0.1) is 13.8 Å². The van der Waals surface area contributed by atoms with Crippen molar-refractivity contribution in [2.45, 2.75) is 13.8 Å². The SMILES string of the molecule is Cc1cc(Br)cc(C)c1OCC(=O)NN=Cc1cc(Cl)cc(Cl)c1O. The van der Waals surface area contributed by atoms with Crippen LogP contribution >= 0.6 is 39.1 Å². The largest absolute Gasteiger partial charge is 0.506 e. The minimum absolute atomic E-state index is 0.102. The lowest BCUT2D eigenvalue weighted by Gasteiger charge is -2.11. The predicted molar refractivity (Wildman–Crippen MR) is 103 cm³/mol. The molecular weight excluding hydrogens is 431 g/mol. The van der Waals surface area contributed by atoms with Crippen molar-refractivity contribution in [1.82, 2.24) is 5.43 Å². The fourth-order valence-electron chi connectivity index (χ4n) is 2.15. The number of carbonyl (C=O) groups excluding carboxylic acids is 1. The Bertz CT molecular complexity index is 818. The van der Waals surface area contributed by atoms with Gasteiger partial charge in [-0.1, -0.05) is 39.1 Å². The zero-order valence-corrected chi connectivity index (χ0v) is 16.5. The number of phenolic OH excluding ortho intramolecular Hbond substituents is 1. The maximum atomic E-state index is 11.8. The Morgan fingerprint density at radius 3 is 2.56 bits per heavy atom. The van der Waals surface area contributed by atoms with Crippen LogP contribution in [0.2, 0.25) is 10.0 Å². The Morgan fingerprint density at radius 2 is 1.92 bits per heavy atom. The van der Waals surface area contributed by atoms with Gasteiger partial charge in [-0.25, -0.2) is 5.43 Å². The molecule has 0 bridgehead atoms. The summed E-state index contributed by atoms with van der Waals surface area (Å²) < 4.78 is 6.50. The molecule has 0 radical (unpaired) electrons. The van der Waals surface area contributed by atoms with Gasteiger partial charge >= 0.3 is 0 Å². The maximum Gasteiger partial charge on any atom is 0.277 e. The van der Waals surface area contributed by atoms with Crippen LogP contribution in [0.4, 0.5) is 0 Å². The van der Waals surface area contributed by atoms with Crippen molar-refractivity contribution < 1.29 is 14.6 Å². The van der Waals surface area contributed by atoms with E-state index in [9.17, 15) is 9.90 Å². The molecule has 0 saturated heterocycles. The first-order valence-electron chi connectivity index (χ1n) is 7.17. The van der Waals surface area contributed by atoms with Gasteiger partial charge in [0, 0.05) is 15.1 Å². The van der Waals surface area contributed by atoms with Crippen LogP contribution in [0.25, 0.3) is 0 Å². The van der Waals surface area contributed by atoms with Crippen molar-refractivity contribution in [2.75, 3.05) is 6.61 Å². The molecule has 0 unspecified atom stereocenters. The average molecular weight is 446 g/mol. The molecule has 5 nitrogen and oxygen atoms in total. The lowest BCUT2D eigenvalue weighted by Crippen LogP contribution is -2.25. The Morgan fingerprint density at radius 1 is 1.28 bits per heavy atom. The number of nitrogens with zero attached hydrogens (tertiary/aromatic N) is 1. The highest BCUT2D eigenvalue weighted by Crippen LogP contribution is 2.30. The summed E-state index contributed by atoms with van der Waals surface area (Å²) in [5.41, 5.74) is 4.44. The number of nitrogens with one attached hydrogen (secondary N) is 1. The first kappa shape index (κ1) is 19.6.